The summed E-state index contributed by atoms with van der Waals surface area (Å²) in [5.41, 5.74) is 7.14. The van der Waals surface area contributed by atoms with E-state index in [-0.39, 0.29) is 11.3 Å². The van der Waals surface area contributed by atoms with E-state index in [1.807, 2.05) is 24.0 Å². The van der Waals surface area contributed by atoms with Crippen LogP contribution in [0.25, 0.3) is 0 Å². The van der Waals surface area contributed by atoms with Crippen molar-refractivity contribution in [3.63, 3.8) is 0 Å². The molecule has 1 aliphatic heterocycles. The normalized spacial score (nSPS) is 17.9. The number of hydrogen-bond donors (Lipinski definition) is 1. The first kappa shape index (κ1) is 15.3. The molecule has 1 fully saturated rings. The average Bonchev–Trinajstić information content (AvgIpc) is 2.42. The molecule has 1 aliphatic rings. The molecular weight excluding hydrogens is 292 g/mol. The van der Waals surface area contributed by atoms with Crippen LogP contribution in [0.3, 0.4) is 0 Å². The number of carbonyl (C=O) groups excluding carboxylic acids is 1. The van der Waals surface area contributed by atoms with Crippen molar-refractivity contribution in [1.29, 1.82) is 0 Å². The minimum absolute atomic E-state index is 0.0105. The van der Waals surface area contributed by atoms with Gasteiger partial charge in [0.15, 0.2) is 0 Å². The molecule has 0 atom stereocenters. The zero-order chi connectivity index (χ0) is 14.9. The average molecular weight is 311 g/mol. The summed E-state index contributed by atoms with van der Waals surface area (Å²) in [5.74, 6) is -0.0105. The molecule has 5 heteroatoms. The van der Waals surface area contributed by atoms with Gasteiger partial charge in [-0.25, -0.2) is 0 Å². The van der Waals surface area contributed by atoms with Crippen molar-refractivity contribution in [1.82, 2.24) is 4.90 Å². The van der Waals surface area contributed by atoms with Crippen LogP contribution in [0, 0.1) is 12.3 Å². The number of likely N-dealkylation sites (tertiary alicyclic amines) is 1. The molecule has 0 aromatic heterocycles. The Morgan fingerprint density at radius 1 is 1.40 bits per heavy atom. The fraction of sp³-hybridized carbons (Fsp3) is 0.467. The van der Waals surface area contributed by atoms with Gasteiger partial charge in [0.1, 0.15) is 0 Å². The zero-order valence-corrected chi connectivity index (χ0v) is 13.4. The largest absolute Gasteiger partial charge is 0.393 e. The SMILES string of the molecule is Cc1cccc(C(=O)N2CCC(C)(C(N)=S)CC2)c1Cl. The summed E-state index contributed by atoms with van der Waals surface area (Å²) in [6.45, 7) is 5.30. The van der Waals surface area contributed by atoms with Gasteiger partial charge < -0.3 is 10.6 Å². The quantitative estimate of drug-likeness (QED) is 0.853. The maximum atomic E-state index is 12.5. The van der Waals surface area contributed by atoms with Crippen LogP contribution < -0.4 is 5.73 Å². The second kappa shape index (κ2) is 5.70. The minimum Gasteiger partial charge on any atom is -0.393 e. The molecule has 1 amide bonds. The molecule has 0 aliphatic carbocycles. The van der Waals surface area contributed by atoms with E-state index in [9.17, 15) is 4.79 Å². The lowest BCUT2D eigenvalue weighted by molar-refractivity contribution is 0.0670. The summed E-state index contributed by atoms with van der Waals surface area (Å²) in [6.07, 6.45) is 1.61. The van der Waals surface area contributed by atoms with Gasteiger partial charge in [-0.05, 0) is 31.4 Å². The first-order valence-electron chi connectivity index (χ1n) is 6.69. The number of amides is 1. The predicted octanol–water partition coefficient (Wildman–Crippen LogP) is 3.18. The Hall–Kier alpha value is -1.13. The first-order chi connectivity index (χ1) is 9.35. The Kier molecular flexibility index (Phi) is 4.35. The summed E-state index contributed by atoms with van der Waals surface area (Å²) in [4.78, 5) is 14.9. The fourth-order valence-electron chi connectivity index (χ4n) is 2.43. The van der Waals surface area contributed by atoms with E-state index in [0.717, 1.165) is 18.4 Å². The van der Waals surface area contributed by atoms with Crippen molar-refractivity contribution in [2.45, 2.75) is 26.7 Å². The maximum Gasteiger partial charge on any atom is 0.255 e. The highest BCUT2D eigenvalue weighted by atomic mass is 35.5. The van der Waals surface area contributed by atoms with Gasteiger partial charge in [0, 0.05) is 18.5 Å². The molecule has 0 radical (unpaired) electrons. The van der Waals surface area contributed by atoms with E-state index >= 15 is 0 Å². The van der Waals surface area contributed by atoms with Crippen molar-refractivity contribution < 1.29 is 4.79 Å². The highest BCUT2D eigenvalue weighted by Crippen LogP contribution is 2.32. The molecular formula is C15H19ClN2OS. The highest BCUT2D eigenvalue weighted by Gasteiger charge is 2.34. The molecule has 0 unspecified atom stereocenters. The maximum absolute atomic E-state index is 12.5. The van der Waals surface area contributed by atoms with Gasteiger partial charge in [0.2, 0.25) is 0 Å². The lowest BCUT2D eigenvalue weighted by Gasteiger charge is -2.38. The molecule has 0 bridgehead atoms. The number of aryl methyl sites for hydroxylation is 1. The van der Waals surface area contributed by atoms with Crippen LogP contribution in [0.4, 0.5) is 0 Å². The zero-order valence-electron chi connectivity index (χ0n) is 11.8. The number of carbonyl (C=O) groups is 1. The molecule has 0 spiro atoms. The Bertz CT molecular complexity index is 551. The standard InChI is InChI=1S/C15H19ClN2OS/c1-10-4-3-5-11(12(10)16)13(19)18-8-6-15(2,7-9-18)14(17)20/h3-5H,6-9H2,1-2H3,(H2,17,20). The van der Waals surface area contributed by atoms with Crippen molar-refractivity contribution in [3.8, 4) is 0 Å². The van der Waals surface area contributed by atoms with Crippen LogP contribution in [0.15, 0.2) is 18.2 Å². The third-order valence-electron chi connectivity index (χ3n) is 4.17. The molecule has 3 nitrogen and oxygen atoms in total. The van der Waals surface area contributed by atoms with Gasteiger partial charge in [0.05, 0.1) is 15.6 Å². The molecule has 1 aromatic rings. The van der Waals surface area contributed by atoms with Gasteiger partial charge in [-0.15, -0.1) is 0 Å². The highest BCUT2D eigenvalue weighted by molar-refractivity contribution is 7.80. The third-order valence-corrected chi connectivity index (χ3v) is 5.17. The number of nitrogens with two attached hydrogens (primary N) is 1. The molecule has 1 saturated heterocycles. The topological polar surface area (TPSA) is 46.3 Å². The van der Waals surface area contributed by atoms with Gasteiger partial charge in [-0.2, -0.15) is 0 Å². The predicted molar refractivity (Wildman–Crippen MR) is 86.2 cm³/mol. The summed E-state index contributed by atoms with van der Waals surface area (Å²) >= 11 is 11.3. The van der Waals surface area contributed by atoms with Crippen molar-refractivity contribution >= 4 is 34.7 Å². The summed E-state index contributed by atoms with van der Waals surface area (Å²) in [6, 6.07) is 5.54. The summed E-state index contributed by atoms with van der Waals surface area (Å²) < 4.78 is 0. The number of nitrogens with zero attached hydrogens (tertiary/aromatic N) is 1. The number of benzene rings is 1. The van der Waals surface area contributed by atoms with E-state index in [1.54, 1.807) is 6.07 Å². The molecule has 2 rings (SSSR count). The number of rotatable bonds is 2. The van der Waals surface area contributed by atoms with E-state index in [1.165, 1.54) is 0 Å². The van der Waals surface area contributed by atoms with Crippen LogP contribution in [0.2, 0.25) is 5.02 Å². The van der Waals surface area contributed by atoms with E-state index in [4.69, 9.17) is 29.6 Å². The molecule has 2 N–H and O–H groups in total. The first-order valence-corrected chi connectivity index (χ1v) is 7.48. The number of thiocarbonyl (C=S) groups is 1. The second-order valence-corrected chi connectivity index (χ2v) is 6.47. The Morgan fingerprint density at radius 2 is 2.00 bits per heavy atom. The molecule has 0 saturated carbocycles. The molecule has 108 valence electrons. The van der Waals surface area contributed by atoms with Gasteiger partial charge >= 0.3 is 0 Å². The molecule has 1 aromatic carbocycles. The van der Waals surface area contributed by atoms with Crippen LogP contribution in [0.1, 0.15) is 35.7 Å². The summed E-state index contributed by atoms with van der Waals surface area (Å²) in [7, 11) is 0. The lowest BCUT2D eigenvalue weighted by Crippen LogP contribution is -2.46. The lowest BCUT2D eigenvalue weighted by atomic mass is 9.80. The van der Waals surface area contributed by atoms with Gasteiger partial charge in [-0.3, -0.25) is 4.79 Å². The van der Waals surface area contributed by atoms with Crippen molar-refractivity contribution in [3.05, 3.63) is 34.3 Å². The monoisotopic (exact) mass is 310 g/mol. The van der Waals surface area contributed by atoms with E-state index in [2.05, 4.69) is 6.92 Å². The van der Waals surface area contributed by atoms with Crippen LogP contribution in [0.5, 0.6) is 0 Å². The number of piperidine rings is 1. The van der Waals surface area contributed by atoms with Crippen molar-refractivity contribution in [2.75, 3.05) is 13.1 Å². The summed E-state index contributed by atoms with van der Waals surface area (Å²) in [5, 5.41) is 0.542. The van der Waals surface area contributed by atoms with Gasteiger partial charge in [-0.1, -0.05) is 42.9 Å². The van der Waals surface area contributed by atoms with Gasteiger partial charge in [0.25, 0.3) is 5.91 Å². The fourth-order valence-corrected chi connectivity index (χ4v) is 2.84. The Balaban J connectivity index is 2.13. The van der Waals surface area contributed by atoms with E-state index in [0.29, 0.717) is 28.7 Å². The van der Waals surface area contributed by atoms with Crippen LogP contribution in [-0.4, -0.2) is 28.9 Å². The van der Waals surface area contributed by atoms with Crippen LogP contribution in [-0.2, 0) is 0 Å². The smallest absolute Gasteiger partial charge is 0.255 e. The minimum atomic E-state index is -0.136. The Morgan fingerprint density at radius 3 is 2.55 bits per heavy atom. The molecule has 20 heavy (non-hydrogen) atoms. The number of halogens is 1. The Labute approximate surface area is 130 Å². The molecule has 1 heterocycles. The van der Waals surface area contributed by atoms with E-state index < -0.39 is 0 Å². The second-order valence-electron chi connectivity index (χ2n) is 5.65. The van der Waals surface area contributed by atoms with Crippen molar-refractivity contribution in [2.24, 2.45) is 11.1 Å². The number of hydrogen-bond acceptors (Lipinski definition) is 2. The van der Waals surface area contributed by atoms with Crippen LogP contribution >= 0.6 is 23.8 Å². The third kappa shape index (κ3) is 2.81.